The van der Waals surface area contributed by atoms with Gasteiger partial charge in [-0.25, -0.2) is 0 Å². The third-order valence-corrected chi connectivity index (χ3v) is 5.54. The highest BCUT2D eigenvalue weighted by atomic mass is 16.5. The molecule has 0 aliphatic carbocycles. The standard InChI is InChI=1S/C21H31N3O4/c1-16-5-6-18-17(13-16)20(26)24(14-19(25)22-9-4-12-27-3)15-21(28-18)7-10-23(2)11-8-21/h5-6,13H,4,7-12,14-15H2,1-3H3,(H,22,25). The number of fused-ring (bicyclic) bond motifs is 1. The number of hydrogen-bond donors (Lipinski definition) is 1. The number of piperidine rings is 1. The number of likely N-dealkylation sites (tertiary alicyclic amines) is 1. The van der Waals surface area contributed by atoms with E-state index in [2.05, 4.69) is 17.3 Å². The molecule has 2 aliphatic heterocycles. The van der Waals surface area contributed by atoms with Crippen molar-refractivity contribution in [3.8, 4) is 5.75 Å². The van der Waals surface area contributed by atoms with E-state index in [4.69, 9.17) is 9.47 Å². The van der Waals surface area contributed by atoms with Gasteiger partial charge in [0.05, 0.1) is 18.7 Å². The Hall–Kier alpha value is -2.12. The molecule has 1 saturated heterocycles. The van der Waals surface area contributed by atoms with Crippen LogP contribution in [-0.2, 0) is 9.53 Å². The van der Waals surface area contributed by atoms with Crippen LogP contribution in [0.5, 0.6) is 5.75 Å². The molecule has 28 heavy (non-hydrogen) atoms. The molecular weight excluding hydrogens is 358 g/mol. The third-order valence-electron chi connectivity index (χ3n) is 5.54. The summed E-state index contributed by atoms with van der Waals surface area (Å²) >= 11 is 0. The molecule has 0 atom stereocenters. The van der Waals surface area contributed by atoms with Gasteiger partial charge in [-0.3, -0.25) is 9.59 Å². The Morgan fingerprint density at radius 1 is 1.32 bits per heavy atom. The Morgan fingerprint density at radius 2 is 2.07 bits per heavy atom. The Balaban J connectivity index is 1.79. The van der Waals surface area contributed by atoms with Crippen molar-refractivity contribution < 1.29 is 19.1 Å². The lowest BCUT2D eigenvalue weighted by atomic mass is 9.90. The maximum absolute atomic E-state index is 13.2. The van der Waals surface area contributed by atoms with E-state index in [0.29, 0.717) is 31.0 Å². The monoisotopic (exact) mass is 389 g/mol. The second kappa shape index (κ2) is 8.92. The average molecular weight is 389 g/mol. The topological polar surface area (TPSA) is 71.1 Å². The lowest BCUT2D eigenvalue weighted by Crippen LogP contribution is -2.54. The largest absolute Gasteiger partial charge is 0.484 e. The summed E-state index contributed by atoms with van der Waals surface area (Å²) in [5.74, 6) is 0.341. The van der Waals surface area contributed by atoms with Crippen LogP contribution < -0.4 is 10.1 Å². The molecule has 0 aromatic heterocycles. The van der Waals surface area contributed by atoms with Crippen LogP contribution in [0.2, 0.25) is 0 Å². The van der Waals surface area contributed by atoms with Gasteiger partial charge in [0.1, 0.15) is 11.4 Å². The predicted molar refractivity (Wildman–Crippen MR) is 107 cm³/mol. The van der Waals surface area contributed by atoms with Crippen LogP contribution in [0.1, 0.15) is 35.2 Å². The molecule has 1 fully saturated rings. The summed E-state index contributed by atoms with van der Waals surface area (Å²) in [4.78, 5) is 29.6. The van der Waals surface area contributed by atoms with Gasteiger partial charge in [0.15, 0.2) is 0 Å². The number of rotatable bonds is 6. The molecule has 1 aromatic rings. The summed E-state index contributed by atoms with van der Waals surface area (Å²) in [6.45, 7) is 5.38. The van der Waals surface area contributed by atoms with E-state index in [0.717, 1.165) is 37.9 Å². The van der Waals surface area contributed by atoms with E-state index < -0.39 is 5.60 Å². The molecule has 2 aliphatic rings. The van der Waals surface area contributed by atoms with Gasteiger partial charge in [0.2, 0.25) is 5.91 Å². The lowest BCUT2D eigenvalue weighted by molar-refractivity contribution is -0.122. The van der Waals surface area contributed by atoms with Crippen LogP contribution in [0, 0.1) is 6.92 Å². The molecule has 0 bridgehead atoms. The first-order valence-corrected chi connectivity index (χ1v) is 9.95. The summed E-state index contributed by atoms with van der Waals surface area (Å²) in [5.41, 5.74) is 1.10. The van der Waals surface area contributed by atoms with Crippen LogP contribution in [0.3, 0.4) is 0 Å². The molecule has 7 nitrogen and oxygen atoms in total. The molecule has 2 amide bonds. The quantitative estimate of drug-likeness (QED) is 0.746. The van der Waals surface area contributed by atoms with Crippen LogP contribution in [-0.4, -0.2) is 80.7 Å². The van der Waals surface area contributed by atoms with Gasteiger partial charge in [-0.05, 0) is 32.5 Å². The smallest absolute Gasteiger partial charge is 0.258 e. The number of aryl methyl sites for hydroxylation is 1. The number of amides is 2. The minimum absolute atomic E-state index is 0.0418. The second-order valence-electron chi connectivity index (χ2n) is 7.95. The number of carbonyl (C=O) groups is 2. The van der Waals surface area contributed by atoms with Crippen LogP contribution in [0.25, 0.3) is 0 Å². The predicted octanol–water partition coefficient (Wildman–Crippen LogP) is 1.45. The Bertz CT molecular complexity index is 714. The molecule has 7 heteroatoms. The number of nitrogens with zero attached hydrogens (tertiary/aromatic N) is 2. The van der Waals surface area contributed by atoms with Crippen molar-refractivity contribution in [1.82, 2.24) is 15.1 Å². The molecule has 154 valence electrons. The van der Waals surface area contributed by atoms with Crippen molar-refractivity contribution in [2.24, 2.45) is 0 Å². The first-order valence-electron chi connectivity index (χ1n) is 9.95. The number of ether oxygens (including phenoxy) is 2. The third kappa shape index (κ3) is 4.83. The summed E-state index contributed by atoms with van der Waals surface area (Å²) in [5, 5.41) is 2.88. The molecule has 3 rings (SSSR count). The number of methoxy groups -OCH3 is 1. The van der Waals surface area contributed by atoms with Crippen molar-refractivity contribution in [3.05, 3.63) is 29.3 Å². The minimum atomic E-state index is -0.445. The summed E-state index contributed by atoms with van der Waals surface area (Å²) in [7, 11) is 3.73. The maximum Gasteiger partial charge on any atom is 0.258 e. The van der Waals surface area contributed by atoms with Crippen molar-refractivity contribution in [1.29, 1.82) is 0 Å². The van der Waals surface area contributed by atoms with E-state index in [1.54, 1.807) is 12.0 Å². The molecule has 1 spiro atoms. The fourth-order valence-corrected chi connectivity index (χ4v) is 3.84. The molecule has 0 unspecified atom stereocenters. The van der Waals surface area contributed by atoms with Crippen molar-refractivity contribution in [2.45, 2.75) is 31.8 Å². The van der Waals surface area contributed by atoms with Gasteiger partial charge < -0.3 is 24.6 Å². The van der Waals surface area contributed by atoms with E-state index in [-0.39, 0.29) is 18.4 Å². The fourth-order valence-electron chi connectivity index (χ4n) is 3.84. The lowest BCUT2D eigenvalue weighted by Gasteiger charge is -2.41. The molecule has 1 aromatic carbocycles. The van der Waals surface area contributed by atoms with Crippen molar-refractivity contribution in [2.75, 3.05) is 53.5 Å². The van der Waals surface area contributed by atoms with E-state index >= 15 is 0 Å². The number of nitrogens with one attached hydrogen (secondary N) is 1. The van der Waals surface area contributed by atoms with E-state index in [9.17, 15) is 9.59 Å². The molecule has 2 heterocycles. The van der Waals surface area contributed by atoms with Gasteiger partial charge in [0, 0.05) is 46.2 Å². The molecular formula is C21H31N3O4. The Labute approximate surface area is 167 Å². The van der Waals surface area contributed by atoms with Crippen LogP contribution >= 0.6 is 0 Å². The maximum atomic E-state index is 13.2. The van der Waals surface area contributed by atoms with Gasteiger partial charge in [-0.1, -0.05) is 11.6 Å². The normalized spacial score (nSPS) is 19.1. The second-order valence-corrected chi connectivity index (χ2v) is 7.95. The Kier molecular flexibility index (Phi) is 6.57. The molecule has 1 N–H and O–H groups in total. The van der Waals surface area contributed by atoms with E-state index in [1.807, 2.05) is 25.1 Å². The number of hydrogen-bond acceptors (Lipinski definition) is 5. The number of benzene rings is 1. The molecule has 0 radical (unpaired) electrons. The Morgan fingerprint density at radius 3 is 2.79 bits per heavy atom. The SMILES string of the molecule is COCCCNC(=O)CN1CC2(CCN(C)CC2)Oc2ccc(C)cc2C1=O. The van der Waals surface area contributed by atoms with Gasteiger partial charge in [0.25, 0.3) is 5.91 Å². The zero-order chi connectivity index (χ0) is 20.1. The van der Waals surface area contributed by atoms with Crippen LogP contribution in [0.4, 0.5) is 0 Å². The first kappa shape index (κ1) is 20.6. The van der Waals surface area contributed by atoms with Gasteiger partial charge >= 0.3 is 0 Å². The highest BCUT2D eigenvalue weighted by molar-refractivity contribution is 5.99. The van der Waals surface area contributed by atoms with Crippen LogP contribution in [0.15, 0.2) is 18.2 Å². The fraction of sp³-hybridized carbons (Fsp3) is 0.619. The minimum Gasteiger partial charge on any atom is -0.484 e. The highest BCUT2D eigenvalue weighted by Crippen LogP contribution is 2.35. The highest BCUT2D eigenvalue weighted by Gasteiger charge is 2.42. The summed E-state index contributed by atoms with van der Waals surface area (Å²) < 4.78 is 11.5. The van der Waals surface area contributed by atoms with Crippen molar-refractivity contribution >= 4 is 11.8 Å². The van der Waals surface area contributed by atoms with Gasteiger partial charge in [-0.15, -0.1) is 0 Å². The summed E-state index contributed by atoms with van der Waals surface area (Å²) in [6, 6.07) is 5.71. The first-order chi connectivity index (χ1) is 13.4. The van der Waals surface area contributed by atoms with Gasteiger partial charge in [-0.2, -0.15) is 0 Å². The zero-order valence-corrected chi connectivity index (χ0v) is 17.1. The van der Waals surface area contributed by atoms with E-state index in [1.165, 1.54) is 0 Å². The number of carbonyl (C=O) groups excluding carboxylic acids is 2. The van der Waals surface area contributed by atoms with Crippen molar-refractivity contribution in [3.63, 3.8) is 0 Å². The average Bonchev–Trinajstić information content (AvgIpc) is 2.78. The zero-order valence-electron chi connectivity index (χ0n) is 17.1. The molecule has 0 saturated carbocycles. The summed E-state index contributed by atoms with van der Waals surface area (Å²) in [6.07, 6.45) is 2.41.